The molecule has 0 spiro atoms. The number of esters is 2. The van der Waals surface area contributed by atoms with Gasteiger partial charge in [-0.1, -0.05) is 18.2 Å². The lowest BCUT2D eigenvalue weighted by molar-refractivity contribution is -0.169. The molecule has 1 amide bonds. The van der Waals surface area contributed by atoms with E-state index < -0.39 is 86.8 Å². The third-order valence-electron chi connectivity index (χ3n) is 6.06. The number of para-hydroxylation sites is 1. The number of aliphatic hydroxyl groups excluding tert-OH is 1. The molecule has 1 fully saturated rings. The first kappa shape index (κ1) is 32.4. The van der Waals surface area contributed by atoms with E-state index in [0.29, 0.717) is 0 Å². The van der Waals surface area contributed by atoms with Crippen molar-refractivity contribution in [2.75, 3.05) is 6.61 Å². The van der Waals surface area contributed by atoms with Crippen molar-refractivity contribution in [3.05, 3.63) is 42.6 Å². The van der Waals surface area contributed by atoms with Crippen LogP contribution >= 0.6 is 7.75 Å². The van der Waals surface area contributed by atoms with E-state index in [0.717, 1.165) is 24.1 Å². The number of amides is 1. The fourth-order valence-electron chi connectivity index (χ4n) is 3.93. The Bertz CT molecular complexity index is 1210. The third kappa shape index (κ3) is 8.20. The van der Waals surface area contributed by atoms with Gasteiger partial charge < -0.3 is 23.8 Å². The summed E-state index contributed by atoms with van der Waals surface area (Å²) >= 11 is 0. The molecule has 7 atom stereocenters. The van der Waals surface area contributed by atoms with Crippen LogP contribution in [-0.2, 0) is 42.5 Å². The number of ketones is 1. The second-order valence-corrected chi connectivity index (χ2v) is 11.7. The summed E-state index contributed by atoms with van der Waals surface area (Å²) in [6, 6.07) is 6.47. The minimum atomic E-state index is -4.45. The standard InChI is InChI=1S/C26H34FN2O11P/c1-15(2)37-24(34)17(4)38-23(33)16(3)28-41(35,40-19-9-7-6-8-10-19)36-14-20-22(32)26(5,27)25(39-20)29-12-11-18(30)13-21(29)31/h6-12,15-17,20,22,25,32H,13-14H2,1-5H3,(H,28,35)/t16-,17-,20+,22+,25+,26+,41?/m0/s1. The highest BCUT2D eigenvalue weighted by atomic mass is 31.2. The van der Waals surface area contributed by atoms with E-state index in [1.165, 1.54) is 26.0 Å². The summed E-state index contributed by atoms with van der Waals surface area (Å²) in [5.74, 6) is -2.85. The molecule has 13 nitrogen and oxygen atoms in total. The quantitative estimate of drug-likeness (QED) is 0.204. The Labute approximate surface area is 236 Å². The normalized spacial score (nSPS) is 27.3. The van der Waals surface area contributed by atoms with Crippen molar-refractivity contribution in [3.8, 4) is 5.75 Å². The van der Waals surface area contributed by atoms with Crippen LogP contribution in [0, 0.1) is 0 Å². The van der Waals surface area contributed by atoms with E-state index in [1.54, 1.807) is 32.0 Å². The summed E-state index contributed by atoms with van der Waals surface area (Å²) in [5, 5.41) is 13.1. The van der Waals surface area contributed by atoms with Crippen molar-refractivity contribution in [2.24, 2.45) is 0 Å². The van der Waals surface area contributed by atoms with Crippen molar-refractivity contribution in [1.82, 2.24) is 9.99 Å². The molecule has 0 aromatic heterocycles. The Morgan fingerprint density at radius 2 is 1.83 bits per heavy atom. The number of halogens is 1. The maximum atomic E-state index is 15.6. The maximum Gasteiger partial charge on any atom is 0.459 e. The Morgan fingerprint density at radius 3 is 2.44 bits per heavy atom. The zero-order valence-corrected chi connectivity index (χ0v) is 24.1. The fraction of sp³-hybridized carbons (Fsp3) is 0.538. The third-order valence-corrected chi connectivity index (χ3v) is 7.71. The highest BCUT2D eigenvalue weighted by molar-refractivity contribution is 7.52. The van der Waals surface area contributed by atoms with Crippen LogP contribution in [0.5, 0.6) is 5.75 Å². The van der Waals surface area contributed by atoms with Crippen molar-refractivity contribution < 1.29 is 56.5 Å². The van der Waals surface area contributed by atoms with Gasteiger partial charge in [-0.15, -0.1) is 0 Å². The van der Waals surface area contributed by atoms with Gasteiger partial charge in [-0.05, 0) is 52.8 Å². The van der Waals surface area contributed by atoms with Crippen LogP contribution in [0.15, 0.2) is 42.6 Å². The van der Waals surface area contributed by atoms with E-state index in [4.69, 9.17) is 23.3 Å². The molecule has 2 N–H and O–H groups in total. The molecule has 3 rings (SSSR count). The van der Waals surface area contributed by atoms with Crippen LogP contribution in [0.25, 0.3) is 0 Å². The molecule has 2 aliphatic rings. The van der Waals surface area contributed by atoms with Gasteiger partial charge in [0.2, 0.25) is 5.91 Å². The van der Waals surface area contributed by atoms with Gasteiger partial charge in [0.25, 0.3) is 0 Å². The first-order chi connectivity index (χ1) is 19.1. The predicted octanol–water partition coefficient (Wildman–Crippen LogP) is 2.18. The maximum absolute atomic E-state index is 15.6. The molecular weight excluding hydrogens is 566 g/mol. The average molecular weight is 601 g/mol. The number of alkyl halides is 1. The predicted molar refractivity (Wildman–Crippen MR) is 140 cm³/mol. The second-order valence-electron chi connectivity index (χ2n) is 10.00. The molecule has 1 aromatic carbocycles. The number of benzene rings is 1. The van der Waals surface area contributed by atoms with Crippen LogP contribution in [-0.4, -0.2) is 82.6 Å². The molecule has 15 heteroatoms. The van der Waals surface area contributed by atoms with Gasteiger partial charge in [-0.2, -0.15) is 5.09 Å². The lowest BCUT2D eigenvalue weighted by Crippen LogP contribution is -2.51. The molecule has 0 saturated carbocycles. The van der Waals surface area contributed by atoms with E-state index in [2.05, 4.69) is 5.09 Å². The smallest absolute Gasteiger partial charge is 0.459 e. The number of ether oxygens (including phenoxy) is 3. The van der Waals surface area contributed by atoms with E-state index in [1.807, 2.05) is 0 Å². The Balaban J connectivity index is 1.73. The first-order valence-electron chi connectivity index (χ1n) is 12.9. The zero-order valence-electron chi connectivity index (χ0n) is 23.2. The van der Waals surface area contributed by atoms with Crippen molar-refractivity contribution >= 4 is 31.4 Å². The number of allylic oxidation sites excluding steroid dienone is 1. The molecule has 2 aliphatic heterocycles. The number of rotatable bonds is 12. The molecule has 1 aromatic rings. The summed E-state index contributed by atoms with van der Waals surface area (Å²) in [7, 11) is -4.45. The van der Waals surface area contributed by atoms with E-state index in [-0.39, 0.29) is 5.75 Å². The van der Waals surface area contributed by atoms with Gasteiger partial charge in [0.05, 0.1) is 19.1 Å². The van der Waals surface area contributed by atoms with Crippen molar-refractivity contribution in [2.45, 2.75) is 83.4 Å². The summed E-state index contributed by atoms with van der Waals surface area (Å²) in [5.41, 5.74) is -2.50. The SMILES string of the molecule is CC(C)OC(=O)[C@H](C)OC(=O)[C@H](C)NP(=O)(OC[C@H]1O[C@@H](N2C=CC(=O)CC2=O)[C@](C)(F)[C@@H]1O)Oc1ccccc1. The summed E-state index contributed by atoms with van der Waals surface area (Å²) < 4.78 is 56.0. The molecule has 1 unspecified atom stereocenters. The van der Waals surface area contributed by atoms with Gasteiger partial charge >= 0.3 is 19.7 Å². The largest absolute Gasteiger partial charge is 0.460 e. The number of aliphatic hydroxyl groups is 1. The second kappa shape index (κ2) is 13.2. The number of hydrogen-bond donors (Lipinski definition) is 2. The highest BCUT2D eigenvalue weighted by Gasteiger charge is 2.57. The Hall–Kier alpha value is -3.16. The van der Waals surface area contributed by atoms with Crippen LogP contribution in [0.2, 0.25) is 0 Å². The van der Waals surface area contributed by atoms with Crippen molar-refractivity contribution in [1.29, 1.82) is 0 Å². The lowest BCUT2D eigenvalue weighted by Gasteiger charge is -2.32. The van der Waals surface area contributed by atoms with Gasteiger partial charge in [0.15, 0.2) is 23.8 Å². The van der Waals surface area contributed by atoms with E-state index in [9.17, 15) is 28.8 Å². The van der Waals surface area contributed by atoms with Crippen LogP contribution < -0.4 is 9.61 Å². The summed E-state index contributed by atoms with van der Waals surface area (Å²) in [6.07, 6.45) is -4.90. The van der Waals surface area contributed by atoms with Crippen LogP contribution in [0.3, 0.4) is 0 Å². The van der Waals surface area contributed by atoms with Crippen molar-refractivity contribution in [3.63, 3.8) is 0 Å². The van der Waals surface area contributed by atoms with Crippen LogP contribution in [0.1, 0.15) is 41.0 Å². The molecule has 41 heavy (non-hydrogen) atoms. The monoisotopic (exact) mass is 600 g/mol. The van der Waals surface area contributed by atoms with E-state index >= 15 is 4.39 Å². The summed E-state index contributed by atoms with van der Waals surface area (Å²) in [6.45, 7) is 6.18. The molecule has 2 heterocycles. The molecule has 0 radical (unpaired) electrons. The highest BCUT2D eigenvalue weighted by Crippen LogP contribution is 2.46. The Kier molecular flexibility index (Phi) is 10.4. The first-order valence-corrected chi connectivity index (χ1v) is 14.4. The lowest BCUT2D eigenvalue weighted by atomic mass is 9.97. The number of hydrogen-bond acceptors (Lipinski definition) is 11. The number of nitrogens with one attached hydrogen (secondary N) is 1. The number of carbonyl (C=O) groups is 4. The minimum Gasteiger partial charge on any atom is -0.460 e. The topological polar surface area (TPSA) is 167 Å². The number of nitrogens with zero attached hydrogens (tertiary/aromatic N) is 1. The molecule has 226 valence electrons. The Morgan fingerprint density at radius 1 is 1.17 bits per heavy atom. The average Bonchev–Trinajstić information content (AvgIpc) is 3.11. The minimum absolute atomic E-state index is 0.0904. The molecule has 0 aliphatic carbocycles. The number of carbonyl (C=O) groups excluding carboxylic acids is 4. The van der Waals surface area contributed by atoms with Gasteiger partial charge in [0.1, 0.15) is 24.0 Å². The molecule has 0 bridgehead atoms. The molecule has 1 saturated heterocycles. The van der Waals surface area contributed by atoms with Gasteiger partial charge in [-0.3, -0.25) is 23.8 Å². The van der Waals surface area contributed by atoms with Gasteiger partial charge in [0, 0.05) is 6.20 Å². The zero-order chi connectivity index (χ0) is 30.5. The fourth-order valence-corrected chi connectivity index (χ4v) is 5.43. The molecular formula is C26H34FN2O11P. The van der Waals surface area contributed by atoms with Crippen LogP contribution in [0.4, 0.5) is 4.39 Å². The van der Waals surface area contributed by atoms with Gasteiger partial charge in [-0.25, -0.2) is 13.8 Å². The summed E-state index contributed by atoms with van der Waals surface area (Å²) in [4.78, 5) is 49.3.